The second-order valence-corrected chi connectivity index (χ2v) is 2.51. The van der Waals surface area contributed by atoms with E-state index in [9.17, 15) is 0 Å². The second-order valence-electron chi connectivity index (χ2n) is 2.51. The van der Waals surface area contributed by atoms with Crippen LogP contribution in [0.15, 0.2) is 12.2 Å². The molecule has 1 heterocycles. The van der Waals surface area contributed by atoms with Gasteiger partial charge in [0.15, 0.2) is 0 Å². The SMILES string of the molecule is CC/C=C\C[C@@H]1O[C@@H]1CO. The number of rotatable bonds is 4. The van der Waals surface area contributed by atoms with Gasteiger partial charge in [-0.2, -0.15) is 0 Å². The Bertz CT molecular complexity index is 120. The van der Waals surface area contributed by atoms with E-state index in [4.69, 9.17) is 9.84 Å². The summed E-state index contributed by atoms with van der Waals surface area (Å²) in [6, 6.07) is 0. The van der Waals surface area contributed by atoms with E-state index in [1.54, 1.807) is 0 Å². The van der Waals surface area contributed by atoms with Crippen molar-refractivity contribution in [3.63, 3.8) is 0 Å². The lowest BCUT2D eigenvalue weighted by Crippen LogP contribution is -1.97. The van der Waals surface area contributed by atoms with Crippen LogP contribution in [-0.2, 0) is 4.74 Å². The van der Waals surface area contributed by atoms with Crippen LogP contribution in [0.3, 0.4) is 0 Å². The van der Waals surface area contributed by atoms with Gasteiger partial charge in [0.05, 0.1) is 12.7 Å². The third-order valence-electron chi connectivity index (χ3n) is 1.64. The minimum Gasteiger partial charge on any atom is -0.394 e. The van der Waals surface area contributed by atoms with Gasteiger partial charge in [-0.3, -0.25) is 0 Å². The largest absolute Gasteiger partial charge is 0.394 e. The van der Waals surface area contributed by atoms with Crippen molar-refractivity contribution < 1.29 is 9.84 Å². The van der Waals surface area contributed by atoms with Crippen molar-refractivity contribution in [1.29, 1.82) is 0 Å². The molecule has 1 saturated heterocycles. The van der Waals surface area contributed by atoms with E-state index in [1.807, 2.05) is 0 Å². The summed E-state index contributed by atoms with van der Waals surface area (Å²) >= 11 is 0. The Morgan fingerprint density at radius 2 is 2.20 bits per heavy atom. The average molecular weight is 142 g/mol. The number of epoxide rings is 1. The van der Waals surface area contributed by atoms with Gasteiger partial charge in [0.1, 0.15) is 6.10 Å². The fourth-order valence-electron chi connectivity index (χ4n) is 0.944. The molecule has 2 heteroatoms. The van der Waals surface area contributed by atoms with Crippen LogP contribution in [0, 0.1) is 0 Å². The molecule has 0 radical (unpaired) electrons. The topological polar surface area (TPSA) is 32.8 Å². The molecule has 0 unspecified atom stereocenters. The second kappa shape index (κ2) is 3.74. The zero-order valence-electron chi connectivity index (χ0n) is 6.29. The minimum absolute atomic E-state index is 0.126. The molecule has 2 nitrogen and oxygen atoms in total. The molecule has 0 aliphatic carbocycles. The Kier molecular flexibility index (Phi) is 2.90. The van der Waals surface area contributed by atoms with E-state index in [-0.39, 0.29) is 12.7 Å². The van der Waals surface area contributed by atoms with E-state index in [0.717, 1.165) is 12.8 Å². The smallest absolute Gasteiger partial charge is 0.107 e. The van der Waals surface area contributed by atoms with Gasteiger partial charge in [0.2, 0.25) is 0 Å². The van der Waals surface area contributed by atoms with Crippen molar-refractivity contribution in [2.24, 2.45) is 0 Å². The van der Waals surface area contributed by atoms with Crippen molar-refractivity contribution >= 4 is 0 Å². The van der Waals surface area contributed by atoms with Crippen LogP contribution < -0.4 is 0 Å². The monoisotopic (exact) mass is 142 g/mol. The van der Waals surface area contributed by atoms with Gasteiger partial charge in [-0.15, -0.1) is 0 Å². The molecule has 1 fully saturated rings. The molecule has 0 aromatic carbocycles. The molecule has 0 saturated carbocycles. The third kappa shape index (κ3) is 2.12. The maximum Gasteiger partial charge on any atom is 0.107 e. The Morgan fingerprint density at radius 1 is 1.40 bits per heavy atom. The molecule has 2 atom stereocenters. The maximum absolute atomic E-state index is 8.58. The highest BCUT2D eigenvalue weighted by Gasteiger charge is 2.36. The van der Waals surface area contributed by atoms with Crippen molar-refractivity contribution in [3.8, 4) is 0 Å². The fraction of sp³-hybridized carbons (Fsp3) is 0.750. The predicted octanol–water partition coefficient (Wildman–Crippen LogP) is 1.10. The van der Waals surface area contributed by atoms with Crippen LogP contribution >= 0.6 is 0 Å². The van der Waals surface area contributed by atoms with Gasteiger partial charge < -0.3 is 9.84 Å². The van der Waals surface area contributed by atoms with Gasteiger partial charge in [-0.05, 0) is 12.8 Å². The highest BCUT2D eigenvalue weighted by atomic mass is 16.6. The predicted molar refractivity (Wildman–Crippen MR) is 39.8 cm³/mol. The number of aliphatic hydroxyl groups excluding tert-OH is 1. The number of allylic oxidation sites excluding steroid dienone is 1. The number of hydrogen-bond acceptors (Lipinski definition) is 2. The van der Waals surface area contributed by atoms with Gasteiger partial charge in [-0.25, -0.2) is 0 Å². The van der Waals surface area contributed by atoms with Crippen LogP contribution in [0.25, 0.3) is 0 Å². The number of hydrogen-bond donors (Lipinski definition) is 1. The first-order valence-electron chi connectivity index (χ1n) is 3.79. The third-order valence-corrected chi connectivity index (χ3v) is 1.64. The Labute approximate surface area is 61.5 Å². The van der Waals surface area contributed by atoms with Gasteiger partial charge in [-0.1, -0.05) is 19.1 Å². The first-order valence-corrected chi connectivity index (χ1v) is 3.79. The summed E-state index contributed by atoms with van der Waals surface area (Å²) in [5, 5.41) is 8.58. The van der Waals surface area contributed by atoms with Crippen molar-refractivity contribution in [2.75, 3.05) is 6.61 Å². The Balaban J connectivity index is 2.01. The first kappa shape index (κ1) is 7.76. The molecule has 1 N–H and O–H groups in total. The molecule has 0 amide bonds. The molecule has 0 bridgehead atoms. The zero-order valence-corrected chi connectivity index (χ0v) is 6.29. The Morgan fingerprint density at radius 3 is 2.70 bits per heavy atom. The van der Waals surface area contributed by atoms with Crippen molar-refractivity contribution in [2.45, 2.75) is 32.0 Å². The summed E-state index contributed by atoms with van der Waals surface area (Å²) in [5.41, 5.74) is 0. The molecule has 1 rings (SSSR count). The highest BCUT2D eigenvalue weighted by Crippen LogP contribution is 2.24. The van der Waals surface area contributed by atoms with Crippen molar-refractivity contribution in [3.05, 3.63) is 12.2 Å². The molecular weight excluding hydrogens is 128 g/mol. The standard InChI is InChI=1S/C8H14O2/c1-2-3-4-5-7-8(6-9)10-7/h3-4,7-9H,2,5-6H2,1H3/b4-3-/t7-,8+/m0/s1. The lowest BCUT2D eigenvalue weighted by molar-refractivity contribution is 0.242. The molecule has 0 aromatic heterocycles. The summed E-state index contributed by atoms with van der Waals surface area (Å²) in [6.07, 6.45) is 6.70. The van der Waals surface area contributed by atoms with Crippen molar-refractivity contribution in [1.82, 2.24) is 0 Å². The van der Waals surface area contributed by atoms with Crippen LogP contribution in [0.2, 0.25) is 0 Å². The molecule has 0 spiro atoms. The van der Waals surface area contributed by atoms with E-state index in [2.05, 4.69) is 19.1 Å². The quantitative estimate of drug-likeness (QED) is 0.471. The van der Waals surface area contributed by atoms with E-state index < -0.39 is 0 Å². The Hall–Kier alpha value is -0.340. The summed E-state index contributed by atoms with van der Waals surface area (Å²) in [4.78, 5) is 0. The van der Waals surface area contributed by atoms with E-state index >= 15 is 0 Å². The number of ether oxygens (including phenoxy) is 1. The van der Waals surface area contributed by atoms with Crippen LogP contribution in [0.1, 0.15) is 19.8 Å². The molecule has 10 heavy (non-hydrogen) atoms. The lowest BCUT2D eigenvalue weighted by atomic mass is 10.2. The average Bonchev–Trinajstić information content (AvgIpc) is 2.68. The molecule has 0 aromatic rings. The van der Waals surface area contributed by atoms with Gasteiger partial charge in [0, 0.05) is 0 Å². The zero-order chi connectivity index (χ0) is 7.40. The van der Waals surface area contributed by atoms with E-state index in [0.29, 0.717) is 6.10 Å². The lowest BCUT2D eigenvalue weighted by Gasteiger charge is -1.83. The van der Waals surface area contributed by atoms with Crippen LogP contribution in [-0.4, -0.2) is 23.9 Å². The van der Waals surface area contributed by atoms with Gasteiger partial charge in [0.25, 0.3) is 0 Å². The molecule has 58 valence electrons. The highest BCUT2D eigenvalue weighted by molar-refractivity contribution is 4.92. The van der Waals surface area contributed by atoms with Crippen LogP contribution in [0.4, 0.5) is 0 Å². The first-order chi connectivity index (χ1) is 4.88. The summed E-state index contributed by atoms with van der Waals surface area (Å²) in [6.45, 7) is 2.28. The maximum atomic E-state index is 8.58. The molecule has 1 aliphatic rings. The summed E-state index contributed by atoms with van der Waals surface area (Å²) < 4.78 is 5.11. The fourth-order valence-corrected chi connectivity index (χ4v) is 0.944. The molecule has 1 aliphatic heterocycles. The summed E-state index contributed by atoms with van der Waals surface area (Å²) in [7, 11) is 0. The van der Waals surface area contributed by atoms with Crippen LogP contribution in [0.5, 0.6) is 0 Å². The van der Waals surface area contributed by atoms with Gasteiger partial charge >= 0.3 is 0 Å². The summed E-state index contributed by atoms with van der Waals surface area (Å²) in [5.74, 6) is 0. The molecular formula is C8H14O2. The minimum atomic E-state index is 0.126. The van der Waals surface area contributed by atoms with E-state index in [1.165, 1.54) is 0 Å². The normalized spacial score (nSPS) is 31.4. The number of aliphatic hydroxyl groups is 1.